The van der Waals surface area contributed by atoms with Crippen molar-refractivity contribution >= 4 is 19.7 Å². The highest BCUT2D eigenvalue weighted by Gasteiger charge is 2.30. The molecule has 3 unspecified atom stereocenters. The zero-order valence-electron chi connectivity index (χ0n) is 50.1. The van der Waals surface area contributed by atoms with Gasteiger partial charge in [0.1, 0.15) is 19.3 Å². The van der Waals surface area contributed by atoms with Crippen LogP contribution in [0.25, 0.3) is 0 Å². The fourth-order valence-electron chi connectivity index (χ4n) is 7.74. The number of quaternary nitrogens is 1. The molecule has 0 aromatic carbocycles. The van der Waals surface area contributed by atoms with E-state index in [9.17, 15) is 19.0 Å². The summed E-state index contributed by atoms with van der Waals surface area (Å²) in [4.78, 5) is 37.7. The van der Waals surface area contributed by atoms with Crippen molar-refractivity contribution < 1.29 is 37.3 Å². The maximum absolute atomic E-state index is 13.5. The van der Waals surface area contributed by atoms with E-state index in [1.165, 1.54) is 51.4 Å². The van der Waals surface area contributed by atoms with Crippen LogP contribution in [0.3, 0.4) is 0 Å². The molecule has 78 heavy (non-hydrogen) atoms. The summed E-state index contributed by atoms with van der Waals surface area (Å²) in [5.41, 5.74) is 0. The Balaban J connectivity index is 5.41. The van der Waals surface area contributed by atoms with Gasteiger partial charge >= 0.3 is 13.8 Å². The van der Waals surface area contributed by atoms with Crippen LogP contribution in [0.5, 0.6) is 0 Å². The number of likely N-dealkylation sites (N-methyl/N-ethyl adjacent to an activating group) is 1. The maximum Gasteiger partial charge on any atom is 0.472 e. The highest BCUT2D eigenvalue weighted by Crippen LogP contribution is 2.43. The number of hydrogen-bond donors (Lipinski definition) is 2. The lowest BCUT2D eigenvalue weighted by molar-refractivity contribution is -0.870. The minimum absolute atomic E-state index is 0.0171. The molecule has 0 heterocycles. The molecule has 0 aliphatic rings. The van der Waals surface area contributed by atoms with Crippen molar-refractivity contribution in [1.29, 1.82) is 0 Å². The van der Waals surface area contributed by atoms with Crippen LogP contribution >= 0.6 is 7.82 Å². The number of unbranched alkanes of at least 4 members (excludes halogenated alkanes) is 17. The fraction of sp³-hybridized carbons (Fsp3) is 0.588. The lowest BCUT2D eigenvalue weighted by atomic mass is 10.1. The molecule has 9 nitrogen and oxygen atoms in total. The summed E-state index contributed by atoms with van der Waals surface area (Å²) in [6, 6.07) is -0.894. The highest BCUT2D eigenvalue weighted by molar-refractivity contribution is 7.47. The molecule has 0 bridgehead atoms. The first kappa shape index (κ1) is 73.6. The molecule has 3 atom stereocenters. The number of carbonyl (C=O) groups is 2. The number of ether oxygens (including phenoxy) is 1. The van der Waals surface area contributed by atoms with Crippen molar-refractivity contribution in [3.8, 4) is 0 Å². The quantitative estimate of drug-likeness (QED) is 0.0156. The van der Waals surface area contributed by atoms with E-state index in [1.807, 2.05) is 94.1 Å². The molecule has 10 heteroatoms. The van der Waals surface area contributed by atoms with E-state index in [-0.39, 0.29) is 37.9 Å². The third-order valence-electron chi connectivity index (χ3n) is 12.4. The number of amides is 1. The van der Waals surface area contributed by atoms with Crippen LogP contribution in [0.15, 0.2) is 158 Å². The molecular weight excluding hydrogens is 988 g/mol. The number of rotatable bonds is 52. The average molecular weight is 1100 g/mol. The van der Waals surface area contributed by atoms with E-state index < -0.39 is 20.0 Å². The predicted molar refractivity (Wildman–Crippen MR) is 336 cm³/mol. The molecule has 1 amide bonds. The standard InChI is InChI=1S/C68H111N2O7P/c1-7-10-13-16-19-22-25-28-30-32-33-34-35-36-37-39-40-42-45-48-51-54-57-60-67(71)69-65(64-76-78(73,74)75-63-62-70(4,5)6)66(59-56-53-50-47-44-27-24-21-18-15-12-9-3)77-68(72)61-58-55-52-49-46-43-41-38-31-29-26-23-20-17-14-11-8-2/h10-11,13-14,17,19-20,22-23,26,28-31,33-34,36-38,40-43,46,56,59,65-66H,7-9,12,15-16,18,21,24-25,27,32,35,39,44-45,47-55,57-58,60-64H2,1-6H3,(H-,69,71,73,74)/p+1/b13-10-,14-11-,20-17+,22-19-,26-23+,30-28-,31-29-,34-33-,37-36-,41-38+,42-40-,46-43+,59-56-. The van der Waals surface area contributed by atoms with E-state index in [2.05, 4.69) is 111 Å². The minimum Gasteiger partial charge on any atom is -0.456 e. The van der Waals surface area contributed by atoms with Crippen LogP contribution in [-0.2, 0) is 27.9 Å². The summed E-state index contributed by atoms with van der Waals surface area (Å²) in [5, 5.41) is 3.02. The van der Waals surface area contributed by atoms with Crippen molar-refractivity contribution in [3.63, 3.8) is 0 Å². The highest BCUT2D eigenvalue weighted by atomic mass is 31.2. The second-order valence-corrected chi connectivity index (χ2v) is 22.4. The Morgan fingerprint density at radius 2 is 0.885 bits per heavy atom. The molecule has 0 fully saturated rings. The Kier molecular flexibility index (Phi) is 52.8. The van der Waals surface area contributed by atoms with Crippen molar-refractivity contribution in [1.82, 2.24) is 5.32 Å². The molecule has 440 valence electrons. The third-order valence-corrected chi connectivity index (χ3v) is 13.4. The minimum atomic E-state index is -4.48. The first-order chi connectivity index (χ1) is 37.9. The Morgan fingerprint density at radius 1 is 0.474 bits per heavy atom. The summed E-state index contributed by atoms with van der Waals surface area (Å²) in [5.74, 6) is -0.601. The average Bonchev–Trinajstić information content (AvgIpc) is 3.40. The second-order valence-electron chi connectivity index (χ2n) is 20.9. The number of nitrogens with one attached hydrogen (secondary N) is 1. The van der Waals surface area contributed by atoms with Crippen molar-refractivity contribution in [2.75, 3.05) is 40.9 Å². The first-order valence-corrected chi connectivity index (χ1v) is 31.9. The van der Waals surface area contributed by atoms with E-state index >= 15 is 0 Å². The van der Waals surface area contributed by atoms with Crippen LogP contribution in [0.4, 0.5) is 0 Å². The predicted octanol–water partition coefficient (Wildman–Crippen LogP) is 18.8. The Morgan fingerprint density at radius 3 is 1.40 bits per heavy atom. The molecule has 0 aliphatic carbocycles. The monoisotopic (exact) mass is 1100 g/mol. The number of phosphoric ester groups is 1. The zero-order chi connectivity index (χ0) is 57.2. The summed E-state index contributed by atoms with van der Waals surface area (Å²) in [6.45, 7) is 6.66. The van der Waals surface area contributed by atoms with E-state index in [1.54, 1.807) is 0 Å². The summed E-state index contributed by atoms with van der Waals surface area (Å²) in [6.07, 6.45) is 82.4. The Bertz CT molecular complexity index is 1890. The van der Waals surface area contributed by atoms with E-state index in [0.29, 0.717) is 23.9 Å². The summed E-state index contributed by atoms with van der Waals surface area (Å²) in [7, 11) is 1.42. The smallest absolute Gasteiger partial charge is 0.456 e. The molecule has 2 N–H and O–H groups in total. The summed E-state index contributed by atoms with van der Waals surface area (Å²) >= 11 is 0. The lowest BCUT2D eigenvalue weighted by Crippen LogP contribution is -2.47. The van der Waals surface area contributed by atoms with Crippen molar-refractivity contribution in [2.45, 2.75) is 219 Å². The van der Waals surface area contributed by atoms with Gasteiger partial charge in [0.05, 0.1) is 33.8 Å². The number of phosphoric acid groups is 1. The molecular formula is C68H112N2O7P+. The normalized spacial score (nSPS) is 14.8. The van der Waals surface area contributed by atoms with Crippen LogP contribution in [0.2, 0.25) is 0 Å². The van der Waals surface area contributed by atoms with Crippen LogP contribution in [0, 0.1) is 0 Å². The van der Waals surface area contributed by atoms with Gasteiger partial charge in [0.25, 0.3) is 0 Å². The number of hydrogen-bond acceptors (Lipinski definition) is 6. The van der Waals surface area contributed by atoms with Gasteiger partial charge in [-0.1, -0.05) is 250 Å². The second kappa shape index (κ2) is 55.9. The molecule has 0 saturated heterocycles. The number of esters is 1. The van der Waals surface area contributed by atoms with Crippen molar-refractivity contribution in [3.05, 3.63) is 158 Å². The topological polar surface area (TPSA) is 111 Å². The largest absolute Gasteiger partial charge is 0.472 e. The van der Waals surface area contributed by atoms with E-state index in [4.69, 9.17) is 13.8 Å². The number of allylic oxidation sites excluding steroid dienone is 25. The third kappa shape index (κ3) is 56.4. The Labute approximate surface area is 478 Å². The lowest BCUT2D eigenvalue weighted by Gasteiger charge is -2.27. The zero-order valence-corrected chi connectivity index (χ0v) is 51.0. The van der Waals surface area contributed by atoms with Crippen LogP contribution < -0.4 is 5.32 Å². The maximum atomic E-state index is 13.5. The molecule has 0 radical (unpaired) electrons. The van der Waals surface area contributed by atoms with Gasteiger partial charge in [-0.25, -0.2) is 4.57 Å². The van der Waals surface area contributed by atoms with Gasteiger partial charge in [-0.15, -0.1) is 0 Å². The van der Waals surface area contributed by atoms with Gasteiger partial charge in [0.15, 0.2) is 0 Å². The van der Waals surface area contributed by atoms with Gasteiger partial charge in [0, 0.05) is 12.8 Å². The molecule has 0 aromatic heterocycles. The molecule has 0 aromatic rings. The van der Waals surface area contributed by atoms with Crippen molar-refractivity contribution in [2.24, 2.45) is 0 Å². The van der Waals surface area contributed by atoms with Gasteiger partial charge < -0.3 is 19.4 Å². The van der Waals surface area contributed by atoms with Crippen LogP contribution in [0.1, 0.15) is 207 Å². The molecule has 0 rings (SSSR count). The molecule has 0 saturated carbocycles. The van der Waals surface area contributed by atoms with Gasteiger partial charge in [-0.05, 0) is 102 Å². The van der Waals surface area contributed by atoms with E-state index in [0.717, 1.165) is 109 Å². The summed E-state index contributed by atoms with van der Waals surface area (Å²) < 4.78 is 30.6. The van der Waals surface area contributed by atoms with Crippen LogP contribution in [-0.4, -0.2) is 74.3 Å². The Hall–Kier alpha value is -4.37. The van der Waals surface area contributed by atoms with Gasteiger partial charge in [-0.2, -0.15) is 0 Å². The SMILES string of the molecule is CC\C=C/C=C/C=C/C=C\C=C\C=C\CCCCCC(=O)OC(/C=C\CCCCCCCCCCCC)C(COP(=O)(O)OCC[N+](C)(C)C)NC(=O)CCCCCC/C=C\C/C=C\C/C=C\C/C=C\C/C=C\C/C=C\CC. The first-order valence-electron chi connectivity index (χ1n) is 30.4. The fourth-order valence-corrected chi connectivity index (χ4v) is 8.47. The number of carbonyl (C=O) groups excluding carboxylic acids is 2. The van der Waals surface area contributed by atoms with Gasteiger partial charge in [-0.3, -0.25) is 18.6 Å². The molecule has 0 aliphatic heterocycles. The van der Waals surface area contributed by atoms with Gasteiger partial charge in [0.2, 0.25) is 5.91 Å². The number of nitrogens with zero attached hydrogens (tertiary/aromatic N) is 1. The molecule has 0 spiro atoms.